The van der Waals surface area contributed by atoms with Gasteiger partial charge in [-0.25, -0.2) is 4.79 Å². The number of thioether (sulfide) groups is 1. The summed E-state index contributed by atoms with van der Waals surface area (Å²) in [7, 11) is 0. The first-order valence-electron chi connectivity index (χ1n) is 10.1. The van der Waals surface area contributed by atoms with E-state index in [1.807, 2.05) is 61.7 Å². The molecule has 0 saturated heterocycles. The third-order valence-corrected chi connectivity index (χ3v) is 5.63. The highest BCUT2D eigenvalue weighted by Gasteiger charge is 2.21. The number of carbonyl (C=O) groups excluding carboxylic acids is 2. The Morgan fingerprint density at radius 3 is 2.53 bits per heavy atom. The molecule has 0 radical (unpaired) electrons. The maximum Gasteiger partial charge on any atom is 0.339 e. The smallest absolute Gasteiger partial charge is 0.339 e. The number of anilines is 1. The minimum atomic E-state index is -0.490. The van der Waals surface area contributed by atoms with Crippen molar-refractivity contribution in [1.82, 2.24) is 4.98 Å². The van der Waals surface area contributed by atoms with E-state index >= 15 is 0 Å². The largest absolute Gasteiger partial charge is 0.452 e. The van der Waals surface area contributed by atoms with Crippen LogP contribution < -0.4 is 5.32 Å². The Labute approximate surface area is 181 Å². The lowest BCUT2D eigenvalue weighted by Crippen LogP contribution is -2.22. The highest BCUT2D eigenvalue weighted by Crippen LogP contribution is 2.27. The van der Waals surface area contributed by atoms with E-state index in [1.165, 1.54) is 0 Å². The van der Waals surface area contributed by atoms with Crippen molar-refractivity contribution in [2.24, 2.45) is 0 Å². The molecule has 3 rings (SSSR count). The van der Waals surface area contributed by atoms with Gasteiger partial charge in [-0.05, 0) is 42.9 Å². The molecule has 0 bridgehead atoms. The molecule has 0 saturated carbocycles. The molecule has 5 nitrogen and oxygen atoms in total. The predicted octanol–water partition coefficient (Wildman–Crippen LogP) is 5.27. The zero-order valence-corrected chi connectivity index (χ0v) is 18.3. The molecule has 6 heteroatoms. The zero-order valence-electron chi connectivity index (χ0n) is 17.5. The first kappa shape index (κ1) is 21.8. The normalized spacial score (nSPS) is 10.8. The fourth-order valence-electron chi connectivity index (χ4n) is 3.50. The van der Waals surface area contributed by atoms with E-state index in [0.29, 0.717) is 17.7 Å². The van der Waals surface area contributed by atoms with Gasteiger partial charge in [-0.3, -0.25) is 9.78 Å². The number of ether oxygens (including phenoxy) is 1. The van der Waals surface area contributed by atoms with E-state index < -0.39 is 5.97 Å². The van der Waals surface area contributed by atoms with E-state index in [9.17, 15) is 9.59 Å². The summed E-state index contributed by atoms with van der Waals surface area (Å²) in [4.78, 5) is 31.1. The topological polar surface area (TPSA) is 68.3 Å². The number of hydrogen-bond acceptors (Lipinski definition) is 5. The number of aryl methyl sites for hydroxylation is 1. The molecule has 0 spiro atoms. The lowest BCUT2D eigenvalue weighted by molar-refractivity contribution is -0.119. The van der Waals surface area contributed by atoms with Crippen LogP contribution in [0.25, 0.3) is 10.9 Å². The third-order valence-electron chi connectivity index (χ3n) is 4.84. The molecule has 0 unspecified atom stereocenters. The summed E-state index contributed by atoms with van der Waals surface area (Å²) in [6.45, 7) is 3.75. The molecule has 1 amide bonds. The Morgan fingerprint density at radius 2 is 1.80 bits per heavy atom. The van der Waals surface area contributed by atoms with Gasteiger partial charge in [-0.1, -0.05) is 50.6 Å². The van der Waals surface area contributed by atoms with Gasteiger partial charge in [0.2, 0.25) is 0 Å². The standard InChI is InChI=1S/C24H26N2O3S/c1-4-10-18-16(5-2)23(17-11-6-7-12-19(17)25-18)24(28)29-15-22(27)26-20-13-8-9-14-21(20)30-3/h6-9,11-14H,4-5,10,15H2,1-3H3,(H,26,27). The fourth-order valence-corrected chi connectivity index (χ4v) is 4.05. The van der Waals surface area contributed by atoms with E-state index in [-0.39, 0.29) is 12.5 Å². The highest BCUT2D eigenvalue weighted by molar-refractivity contribution is 7.98. The Hall–Kier alpha value is -2.86. The second kappa shape index (κ2) is 10.3. The van der Waals surface area contributed by atoms with Crippen LogP contribution in [0.2, 0.25) is 0 Å². The predicted molar refractivity (Wildman–Crippen MR) is 122 cm³/mol. The van der Waals surface area contributed by atoms with Gasteiger partial charge in [0.05, 0.1) is 16.8 Å². The first-order valence-corrected chi connectivity index (χ1v) is 11.3. The van der Waals surface area contributed by atoms with Crippen LogP contribution in [0.4, 0.5) is 5.69 Å². The van der Waals surface area contributed by atoms with Crippen molar-refractivity contribution in [3.63, 3.8) is 0 Å². The van der Waals surface area contributed by atoms with Crippen LogP contribution in [-0.2, 0) is 22.4 Å². The lowest BCUT2D eigenvalue weighted by Gasteiger charge is -2.15. The van der Waals surface area contributed by atoms with Crippen molar-refractivity contribution in [1.29, 1.82) is 0 Å². The average molecular weight is 423 g/mol. The van der Waals surface area contributed by atoms with E-state index in [4.69, 9.17) is 9.72 Å². The van der Waals surface area contributed by atoms with Crippen LogP contribution in [0.1, 0.15) is 41.9 Å². The van der Waals surface area contributed by atoms with Gasteiger partial charge < -0.3 is 10.1 Å². The summed E-state index contributed by atoms with van der Waals surface area (Å²) < 4.78 is 5.43. The quantitative estimate of drug-likeness (QED) is 0.396. The molecule has 0 fully saturated rings. The maximum atomic E-state index is 13.0. The zero-order chi connectivity index (χ0) is 21.5. The monoisotopic (exact) mass is 422 g/mol. The number of aromatic nitrogens is 1. The molecule has 30 heavy (non-hydrogen) atoms. The van der Waals surface area contributed by atoms with Crippen LogP contribution in [0, 0.1) is 0 Å². The number of benzene rings is 2. The average Bonchev–Trinajstić information content (AvgIpc) is 2.77. The molecule has 2 aromatic carbocycles. The molecular weight excluding hydrogens is 396 g/mol. The van der Waals surface area contributed by atoms with Gasteiger partial charge in [-0.15, -0.1) is 11.8 Å². The highest BCUT2D eigenvalue weighted by atomic mass is 32.2. The summed E-state index contributed by atoms with van der Waals surface area (Å²) in [5.74, 6) is -0.855. The number of esters is 1. The molecule has 0 atom stereocenters. The third kappa shape index (κ3) is 4.82. The van der Waals surface area contributed by atoms with Gasteiger partial charge in [0.1, 0.15) is 0 Å². The first-order chi connectivity index (χ1) is 14.6. The number of fused-ring (bicyclic) bond motifs is 1. The lowest BCUT2D eigenvalue weighted by atomic mass is 9.96. The number of amides is 1. The van der Waals surface area contributed by atoms with Crippen LogP contribution in [0.15, 0.2) is 53.4 Å². The molecule has 0 aliphatic heterocycles. The molecule has 3 aromatic rings. The van der Waals surface area contributed by atoms with E-state index in [2.05, 4.69) is 12.2 Å². The van der Waals surface area contributed by atoms with Crippen LogP contribution in [0.3, 0.4) is 0 Å². The Morgan fingerprint density at radius 1 is 1.07 bits per heavy atom. The summed E-state index contributed by atoms with van der Waals surface area (Å²) in [6.07, 6.45) is 4.34. The Kier molecular flexibility index (Phi) is 7.46. The minimum absolute atomic E-state index is 0.343. The number of carbonyl (C=O) groups is 2. The van der Waals surface area contributed by atoms with Crippen molar-refractivity contribution < 1.29 is 14.3 Å². The maximum absolute atomic E-state index is 13.0. The van der Waals surface area contributed by atoms with Gasteiger partial charge in [0, 0.05) is 16.0 Å². The van der Waals surface area contributed by atoms with Crippen molar-refractivity contribution >= 4 is 40.2 Å². The van der Waals surface area contributed by atoms with Crippen LogP contribution in [0.5, 0.6) is 0 Å². The Balaban J connectivity index is 1.83. The molecule has 1 aromatic heterocycles. The van der Waals surface area contributed by atoms with Crippen molar-refractivity contribution in [2.45, 2.75) is 38.0 Å². The Bertz CT molecular complexity index is 1070. The van der Waals surface area contributed by atoms with Gasteiger partial charge in [0.25, 0.3) is 5.91 Å². The number of nitrogens with one attached hydrogen (secondary N) is 1. The van der Waals surface area contributed by atoms with E-state index in [0.717, 1.165) is 39.9 Å². The fraction of sp³-hybridized carbons (Fsp3) is 0.292. The summed E-state index contributed by atoms with van der Waals surface area (Å²) >= 11 is 1.54. The number of rotatable bonds is 8. The molecule has 0 aliphatic carbocycles. The number of nitrogens with zero attached hydrogens (tertiary/aromatic N) is 1. The van der Waals surface area contributed by atoms with Crippen LogP contribution in [-0.4, -0.2) is 29.7 Å². The van der Waals surface area contributed by atoms with Crippen molar-refractivity contribution in [3.05, 3.63) is 65.4 Å². The summed E-state index contributed by atoms with van der Waals surface area (Å²) in [6, 6.07) is 15.1. The van der Waals surface area contributed by atoms with Crippen molar-refractivity contribution in [3.8, 4) is 0 Å². The molecule has 1 N–H and O–H groups in total. The second-order valence-electron chi connectivity index (χ2n) is 6.86. The number of pyridine rings is 1. The molecule has 156 valence electrons. The molecule has 1 heterocycles. The SMILES string of the molecule is CCCc1nc2ccccc2c(C(=O)OCC(=O)Nc2ccccc2SC)c1CC. The summed E-state index contributed by atoms with van der Waals surface area (Å²) in [5.41, 5.74) is 3.81. The number of hydrogen-bond donors (Lipinski definition) is 1. The molecular formula is C24H26N2O3S. The van der Waals surface area contributed by atoms with Gasteiger partial charge >= 0.3 is 5.97 Å². The summed E-state index contributed by atoms with van der Waals surface area (Å²) in [5, 5.41) is 3.57. The van der Waals surface area contributed by atoms with Crippen molar-refractivity contribution in [2.75, 3.05) is 18.2 Å². The van der Waals surface area contributed by atoms with E-state index in [1.54, 1.807) is 11.8 Å². The van der Waals surface area contributed by atoms with Crippen LogP contribution >= 0.6 is 11.8 Å². The van der Waals surface area contributed by atoms with Gasteiger partial charge in [0.15, 0.2) is 6.61 Å². The van der Waals surface area contributed by atoms with Gasteiger partial charge in [-0.2, -0.15) is 0 Å². The number of para-hydroxylation sites is 2. The molecule has 0 aliphatic rings. The second-order valence-corrected chi connectivity index (χ2v) is 7.71. The minimum Gasteiger partial charge on any atom is -0.452 e.